The van der Waals surface area contributed by atoms with Crippen LogP contribution in [0.25, 0.3) is 0 Å². The quantitative estimate of drug-likeness (QED) is 0.585. The highest BCUT2D eigenvalue weighted by Crippen LogP contribution is 1.97. The van der Waals surface area contributed by atoms with Crippen LogP contribution >= 0.6 is 0 Å². The van der Waals surface area contributed by atoms with E-state index in [2.05, 4.69) is 0 Å². The van der Waals surface area contributed by atoms with Crippen LogP contribution in [0.2, 0.25) is 0 Å². The standard InChI is InChI=1S/C7H15NO3/c1-8(2)4-3-6(9)5-7(10)11/h6,9H,3-5H2,1-2H3,(H,10,11). The molecular weight excluding hydrogens is 146 g/mol. The topological polar surface area (TPSA) is 60.8 Å². The molecule has 0 aliphatic rings. The van der Waals surface area contributed by atoms with Crippen LogP contribution in [-0.4, -0.2) is 47.8 Å². The van der Waals surface area contributed by atoms with Crippen LogP contribution in [0.15, 0.2) is 0 Å². The second kappa shape index (κ2) is 5.09. The molecule has 4 heteroatoms. The Balaban J connectivity index is 3.37. The van der Waals surface area contributed by atoms with E-state index in [0.29, 0.717) is 13.0 Å². The smallest absolute Gasteiger partial charge is 0.305 e. The third-order valence-corrected chi connectivity index (χ3v) is 1.32. The molecule has 0 aromatic rings. The Morgan fingerprint density at radius 3 is 2.45 bits per heavy atom. The van der Waals surface area contributed by atoms with Crippen molar-refractivity contribution in [2.75, 3.05) is 20.6 Å². The van der Waals surface area contributed by atoms with Gasteiger partial charge in [-0.05, 0) is 27.1 Å². The van der Waals surface area contributed by atoms with Crippen LogP contribution in [0.3, 0.4) is 0 Å². The first-order valence-corrected chi connectivity index (χ1v) is 3.57. The van der Waals surface area contributed by atoms with Crippen molar-refractivity contribution in [1.29, 1.82) is 0 Å². The number of aliphatic hydroxyl groups excluding tert-OH is 1. The van der Waals surface area contributed by atoms with Crippen LogP contribution in [0.5, 0.6) is 0 Å². The van der Waals surface area contributed by atoms with Gasteiger partial charge in [0.1, 0.15) is 0 Å². The minimum Gasteiger partial charge on any atom is -0.481 e. The van der Waals surface area contributed by atoms with E-state index in [0.717, 1.165) is 0 Å². The van der Waals surface area contributed by atoms with Gasteiger partial charge in [-0.25, -0.2) is 0 Å². The van der Waals surface area contributed by atoms with E-state index in [1.165, 1.54) is 0 Å². The zero-order valence-corrected chi connectivity index (χ0v) is 6.95. The molecule has 0 fully saturated rings. The number of carboxylic acid groups (broad SMARTS) is 1. The van der Waals surface area contributed by atoms with E-state index < -0.39 is 12.1 Å². The van der Waals surface area contributed by atoms with Crippen molar-refractivity contribution in [3.63, 3.8) is 0 Å². The third-order valence-electron chi connectivity index (χ3n) is 1.32. The molecule has 0 aromatic carbocycles. The fourth-order valence-electron chi connectivity index (χ4n) is 0.711. The first kappa shape index (κ1) is 10.4. The number of hydrogen-bond acceptors (Lipinski definition) is 3. The van der Waals surface area contributed by atoms with Gasteiger partial charge in [0.2, 0.25) is 0 Å². The number of carboxylic acids is 1. The van der Waals surface area contributed by atoms with Crippen molar-refractivity contribution >= 4 is 5.97 Å². The van der Waals surface area contributed by atoms with Crippen LogP contribution < -0.4 is 0 Å². The van der Waals surface area contributed by atoms with E-state index in [4.69, 9.17) is 10.2 Å². The van der Waals surface area contributed by atoms with Gasteiger partial charge in [0.25, 0.3) is 0 Å². The largest absolute Gasteiger partial charge is 0.481 e. The summed E-state index contributed by atoms with van der Waals surface area (Å²) in [6, 6.07) is 0. The van der Waals surface area contributed by atoms with Crippen LogP contribution in [0.4, 0.5) is 0 Å². The Hall–Kier alpha value is -0.610. The van der Waals surface area contributed by atoms with E-state index >= 15 is 0 Å². The molecule has 0 spiro atoms. The molecule has 2 N–H and O–H groups in total. The minimum atomic E-state index is -0.948. The van der Waals surface area contributed by atoms with E-state index in [-0.39, 0.29) is 6.42 Å². The van der Waals surface area contributed by atoms with Crippen molar-refractivity contribution in [3.05, 3.63) is 0 Å². The summed E-state index contributed by atoms with van der Waals surface area (Å²) in [7, 11) is 3.76. The number of aliphatic carboxylic acids is 1. The second-order valence-electron chi connectivity index (χ2n) is 2.84. The van der Waals surface area contributed by atoms with Crippen molar-refractivity contribution < 1.29 is 15.0 Å². The molecule has 66 valence electrons. The molecule has 0 saturated heterocycles. The van der Waals surface area contributed by atoms with E-state index in [1.54, 1.807) is 0 Å². The fraction of sp³-hybridized carbons (Fsp3) is 0.857. The minimum absolute atomic E-state index is 0.159. The Labute approximate surface area is 66.4 Å². The molecule has 0 amide bonds. The summed E-state index contributed by atoms with van der Waals surface area (Å²) in [5.41, 5.74) is 0. The fourth-order valence-corrected chi connectivity index (χ4v) is 0.711. The van der Waals surface area contributed by atoms with Gasteiger partial charge in [0.15, 0.2) is 0 Å². The van der Waals surface area contributed by atoms with Gasteiger partial charge in [-0.2, -0.15) is 0 Å². The van der Waals surface area contributed by atoms with Gasteiger partial charge in [-0.3, -0.25) is 4.79 Å². The summed E-state index contributed by atoms with van der Waals surface area (Å²) in [6.07, 6.45) is -0.359. The van der Waals surface area contributed by atoms with Crippen LogP contribution in [0.1, 0.15) is 12.8 Å². The molecule has 4 nitrogen and oxygen atoms in total. The van der Waals surface area contributed by atoms with Crippen molar-refractivity contribution in [1.82, 2.24) is 4.90 Å². The zero-order chi connectivity index (χ0) is 8.85. The normalized spacial score (nSPS) is 13.5. The Kier molecular flexibility index (Phi) is 4.81. The highest BCUT2D eigenvalue weighted by Gasteiger charge is 2.08. The molecule has 0 heterocycles. The average molecular weight is 161 g/mol. The number of aliphatic hydroxyl groups is 1. The lowest BCUT2D eigenvalue weighted by atomic mass is 10.2. The summed E-state index contributed by atoms with van der Waals surface area (Å²) in [6.45, 7) is 0.717. The lowest BCUT2D eigenvalue weighted by Crippen LogP contribution is -2.21. The van der Waals surface area contributed by atoms with Crippen molar-refractivity contribution in [2.24, 2.45) is 0 Å². The lowest BCUT2D eigenvalue weighted by Gasteiger charge is -2.12. The first-order valence-electron chi connectivity index (χ1n) is 3.57. The second-order valence-corrected chi connectivity index (χ2v) is 2.84. The molecule has 0 bridgehead atoms. The van der Waals surface area contributed by atoms with Gasteiger partial charge >= 0.3 is 5.97 Å². The van der Waals surface area contributed by atoms with Crippen molar-refractivity contribution in [2.45, 2.75) is 18.9 Å². The highest BCUT2D eigenvalue weighted by atomic mass is 16.4. The molecule has 0 aliphatic carbocycles. The summed E-state index contributed by atoms with van der Waals surface area (Å²) in [5, 5.41) is 17.3. The summed E-state index contributed by atoms with van der Waals surface area (Å²) in [5.74, 6) is -0.948. The number of nitrogens with zero attached hydrogens (tertiary/aromatic N) is 1. The monoisotopic (exact) mass is 161 g/mol. The molecule has 0 aliphatic heterocycles. The number of rotatable bonds is 5. The molecular formula is C7H15NO3. The van der Waals surface area contributed by atoms with Gasteiger partial charge in [0.05, 0.1) is 12.5 Å². The number of carbonyl (C=O) groups is 1. The first-order chi connectivity index (χ1) is 5.02. The maximum atomic E-state index is 10.1. The molecule has 0 radical (unpaired) electrons. The predicted molar refractivity (Wildman–Crippen MR) is 41.4 cm³/mol. The average Bonchev–Trinajstić information content (AvgIpc) is 1.82. The van der Waals surface area contributed by atoms with Gasteiger partial charge < -0.3 is 15.1 Å². The van der Waals surface area contributed by atoms with Gasteiger partial charge in [-0.1, -0.05) is 0 Å². The molecule has 11 heavy (non-hydrogen) atoms. The molecule has 0 saturated carbocycles. The molecule has 1 atom stereocenters. The van der Waals surface area contributed by atoms with E-state index in [9.17, 15) is 4.79 Å². The SMILES string of the molecule is CN(C)CCC(O)CC(=O)O. The third kappa shape index (κ3) is 7.29. The Morgan fingerprint density at radius 1 is 1.55 bits per heavy atom. The van der Waals surface area contributed by atoms with Crippen LogP contribution in [0, 0.1) is 0 Å². The summed E-state index contributed by atoms with van der Waals surface area (Å²) in [4.78, 5) is 12.0. The van der Waals surface area contributed by atoms with E-state index in [1.807, 2.05) is 19.0 Å². The predicted octanol–water partition coefficient (Wildman–Crippen LogP) is -0.226. The lowest BCUT2D eigenvalue weighted by molar-refractivity contribution is -0.139. The molecule has 1 unspecified atom stereocenters. The maximum absolute atomic E-state index is 10.1. The zero-order valence-electron chi connectivity index (χ0n) is 6.95. The summed E-state index contributed by atoms with van der Waals surface area (Å²) >= 11 is 0. The number of hydrogen-bond donors (Lipinski definition) is 2. The molecule has 0 rings (SSSR count). The van der Waals surface area contributed by atoms with Gasteiger partial charge in [0, 0.05) is 0 Å². The highest BCUT2D eigenvalue weighted by molar-refractivity contribution is 5.67. The summed E-state index contributed by atoms with van der Waals surface area (Å²) < 4.78 is 0. The Morgan fingerprint density at radius 2 is 2.09 bits per heavy atom. The molecule has 0 aromatic heterocycles. The van der Waals surface area contributed by atoms with Crippen molar-refractivity contribution in [3.8, 4) is 0 Å². The Bertz CT molecular complexity index is 125. The maximum Gasteiger partial charge on any atom is 0.305 e. The van der Waals surface area contributed by atoms with Crippen LogP contribution in [-0.2, 0) is 4.79 Å². The van der Waals surface area contributed by atoms with Gasteiger partial charge in [-0.15, -0.1) is 0 Å².